The summed E-state index contributed by atoms with van der Waals surface area (Å²) >= 11 is 1.86. The molecule has 0 N–H and O–H groups in total. The van der Waals surface area contributed by atoms with Crippen LogP contribution in [0.3, 0.4) is 0 Å². The summed E-state index contributed by atoms with van der Waals surface area (Å²) in [5, 5.41) is 2.56. The Morgan fingerprint density at radius 1 is 0.309 bits per heavy atom. The molecule has 0 saturated carbocycles. The van der Waals surface area contributed by atoms with E-state index in [2.05, 4.69) is 255 Å². The van der Waals surface area contributed by atoms with Crippen molar-refractivity contribution in [1.82, 2.24) is 9.97 Å². The van der Waals surface area contributed by atoms with Crippen LogP contribution < -0.4 is 0 Å². The third-order valence-corrected chi connectivity index (χ3v) is 15.0. The predicted octanol–water partition coefficient (Wildman–Crippen LogP) is 17.2. The molecule has 0 spiro atoms. The molecule has 0 amide bonds. The number of thiophene rings is 1. The molecule has 0 unspecified atom stereocenters. The van der Waals surface area contributed by atoms with E-state index in [1.807, 2.05) is 11.3 Å². The maximum absolute atomic E-state index is 5.55. The van der Waals surface area contributed by atoms with E-state index in [0.29, 0.717) is 5.82 Å². The predicted molar refractivity (Wildman–Crippen MR) is 285 cm³/mol. The third kappa shape index (κ3) is 6.54. The zero-order valence-corrected chi connectivity index (χ0v) is 37.9. The molecule has 0 atom stereocenters. The largest absolute Gasteiger partial charge is 0.228 e. The van der Waals surface area contributed by atoms with Gasteiger partial charge in [0.15, 0.2) is 5.82 Å². The number of rotatable bonds is 8. The van der Waals surface area contributed by atoms with Gasteiger partial charge in [0.25, 0.3) is 0 Å². The van der Waals surface area contributed by atoms with Gasteiger partial charge in [-0.25, -0.2) is 9.97 Å². The quantitative estimate of drug-likeness (QED) is 0.152. The van der Waals surface area contributed by atoms with Crippen molar-refractivity contribution in [3.63, 3.8) is 0 Å². The zero-order chi connectivity index (χ0) is 45.0. The molecule has 2 nitrogen and oxygen atoms in total. The van der Waals surface area contributed by atoms with E-state index in [9.17, 15) is 0 Å². The van der Waals surface area contributed by atoms with Crippen LogP contribution in [0.15, 0.2) is 255 Å². The highest BCUT2D eigenvalue weighted by molar-refractivity contribution is 7.26. The van der Waals surface area contributed by atoms with Crippen LogP contribution in [-0.4, -0.2) is 9.97 Å². The van der Waals surface area contributed by atoms with Gasteiger partial charge in [0.1, 0.15) is 0 Å². The van der Waals surface area contributed by atoms with Gasteiger partial charge in [-0.1, -0.05) is 218 Å². The second-order valence-electron chi connectivity index (χ2n) is 17.6. The maximum atomic E-state index is 5.55. The summed E-state index contributed by atoms with van der Waals surface area (Å²) in [5.74, 6) is 0.681. The average molecular weight is 883 g/mol. The first-order valence-electron chi connectivity index (χ1n) is 23.2. The molecule has 2 heterocycles. The van der Waals surface area contributed by atoms with Crippen molar-refractivity contribution in [2.45, 2.75) is 5.41 Å². The van der Waals surface area contributed by atoms with Crippen LogP contribution in [-0.2, 0) is 5.41 Å². The van der Waals surface area contributed by atoms with E-state index >= 15 is 0 Å². The normalized spacial score (nSPS) is 12.5. The molecule has 0 bridgehead atoms. The zero-order valence-electron chi connectivity index (χ0n) is 37.1. The first kappa shape index (κ1) is 39.8. The van der Waals surface area contributed by atoms with Crippen LogP contribution in [0.4, 0.5) is 0 Å². The van der Waals surface area contributed by atoms with E-state index in [0.717, 1.165) is 44.8 Å². The van der Waals surface area contributed by atoms with Crippen LogP contribution in [0.1, 0.15) is 22.3 Å². The van der Waals surface area contributed by atoms with Gasteiger partial charge in [-0.15, -0.1) is 11.3 Å². The Hall–Kier alpha value is -8.50. The van der Waals surface area contributed by atoms with Crippen LogP contribution in [0.25, 0.3) is 98.6 Å². The van der Waals surface area contributed by atoms with Crippen molar-refractivity contribution < 1.29 is 0 Å². The molecule has 2 aromatic heterocycles. The lowest BCUT2D eigenvalue weighted by Gasteiger charge is -2.35. The standard InChI is InChI=1S/C65H42N2S/c1-5-20-43(21-6-1)45-24-17-25-46(38-45)47-39-48(52-32-18-34-56-54-31-14-16-37-61(54)68-63(52)56)41-49(40-47)59-42-60(67-64(66-59)44-22-7-2-8-23-44)57-35-19-33-55-53-30-13-15-36-58(53)65(62(55)57,50-26-9-3-10-27-50)51-28-11-4-12-29-51/h1-42H. The van der Waals surface area contributed by atoms with Gasteiger partial charge in [-0.2, -0.15) is 0 Å². The number of nitrogens with zero attached hydrogens (tertiary/aromatic N) is 2. The van der Waals surface area contributed by atoms with Gasteiger partial charge >= 0.3 is 0 Å². The minimum Gasteiger partial charge on any atom is -0.228 e. The average Bonchev–Trinajstić information content (AvgIpc) is 3.96. The van der Waals surface area contributed by atoms with Crippen molar-refractivity contribution >= 4 is 31.5 Å². The Kier molecular flexibility index (Phi) is 9.62. The van der Waals surface area contributed by atoms with Crippen LogP contribution in [0.5, 0.6) is 0 Å². The van der Waals surface area contributed by atoms with Crippen molar-refractivity contribution in [2.24, 2.45) is 0 Å². The Bertz CT molecular complexity index is 3800. The van der Waals surface area contributed by atoms with Gasteiger partial charge < -0.3 is 0 Å². The second kappa shape index (κ2) is 16.4. The summed E-state index contributed by atoms with van der Waals surface area (Å²) in [6, 6.07) is 92.5. The molecule has 318 valence electrons. The molecule has 0 aliphatic heterocycles. The Morgan fingerprint density at radius 3 is 1.57 bits per heavy atom. The van der Waals surface area contributed by atoms with Crippen molar-refractivity contribution in [2.75, 3.05) is 0 Å². The first-order valence-corrected chi connectivity index (χ1v) is 24.0. The Balaban J connectivity index is 1.09. The van der Waals surface area contributed by atoms with Gasteiger partial charge in [-0.3, -0.25) is 0 Å². The number of benzene rings is 10. The van der Waals surface area contributed by atoms with Gasteiger partial charge in [-0.05, 0) is 103 Å². The minimum absolute atomic E-state index is 0.608. The monoisotopic (exact) mass is 882 g/mol. The number of hydrogen-bond donors (Lipinski definition) is 0. The van der Waals surface area contributed by atoms with E-state index in [1.165, 1.54) is 70.2 Å². The van der Waals surface area contributed by atoms with Crippen molar-refractivity contribution in [3.8, 4) is 78.4 Å². The summed E-state index contributed by atoms with van der Waals surface area (Å²) in [6.45, 7) is 0. The molecule has 13 rings (SSSR count). The maximum Gasteiger partial charge on any atom is 0.160 e. The van der Waals surface area contributed by atoms with Crippen LogP contribution >= 0.6 is 11.3 Å². The third-order valence-electron chi connectivity index (χ3n) is 13.8. The Labute approximate surface area is 400 Å². The summed E-state index contributed by atoms with van der Waals surface area (Å²) in [4.78, 5) is 11.1. The van der Waals surface area contributed by atoms with Crippen LogP contribution in [0.2, 0.25) is 0 Å². The lowest BCUT2D eigenvalue weighted by atomic mass is 9.66. The summed E-state index contributed by atoms with van der Waals surface area (Å²) < 4.78 is 2.57. The van der Waals surface area contributed by atoms with E-state index in [1.54, 1.807) is 0 Å². The molecule has 1 aliphatic carbocycles. The van der Waals surface area contributed by atoms with E-state index < -0.39 is 5.41 Å². The lowest BCUT2D eigenvalue weighted by molar-refractivity contribution is 0.769. The molecule has 1 aliphatic rings. The summed E-state index contributed by atoms with van der Waals surface area (Å²) in [7, 11) is 0. The fourth-order valence-electron chi connectivity index (χ4n) is 10.7. The van der Waals surface area contributed by atoms with E-state index in [4.69, 9.17) is 9.97 Å². The molecular formula is C65H42N2S. The topological polar surface area (TPSA) is 25.8 Å². The summed E-state index contributed by atoms with van der Waals surface area (Å²) in [5.41, 5.74) is 18.5. The molecule has 0 saturated heterocycles. The second-order valence-corrected chi connectivity index (χ2v) is 18.7. The SMILES string of the molecule is c1ccc(-c2cccc(-c3cc(-c4cc(-c5cccc6c5C(c5ccccc5)(c5ccccc5)c5ccccc5-6)nc(-c5ccccc5)n4)cc(-c4cccc5c4sc4ccccc45)c3)c2)cc1. The van der Waals surface area contributed by atoms with E-state index in [-0.39, 0.29) is 0 Å². The number of aromatic nitrogens is 2. The minimum atomic E-state index is -0.608. The molecule has 12 aromatic rings. The van der Waals surface area contributed by atoms with Gasteiger partial charge in [0, 0.05) is 36.9 Å². The molecule has 3 heteroatoms. The Morgan fingerprint density at radius 2 is 0.809 bits per heavy atom. The molecule has 10 aromatic carbocycles. The molecule has 0 fully saturated rings. The molecule has 0 radical (unpaired) electrons. The molecular weight excluding hydrogens is 841 g/mol. The van der Waals surface area contributed by atoms with Gasteiger partial charge in [0.2, 0.25) is 0 Å². The van der Waals surface area contributed by atoms with Crippen molar-refractivity contribution in [3.05, 3.63) is 277 Å². The molecule has 68 heavy (non-hydrogen) atoms. The van der Waals surface area contributed by atoms with Crippen molar-refractivity contribution in [1.29, 1.82) is 0 Å². The number of hydrogen-bond acceptors (Lipinski definition) is 3. The smallest absolute Gasteiger partial charge is 0.160 e. The van der Waals surface area contributed by atoms with Gasteiger partial charge in [0.05, 0.1) is 16.8 Å². The fourth-order valence-corrected chi connectivity index (χ4v) is 12.0. The lowest BCUT2D eigenvalue weighted by Crippen LogP contribution is -2.29. The fraction of sp³-hybridized carbons (Fsp3) is 0.0154. The summed E-state index contributed by atoms with van der Waals surface area (Å²) in [6.07, 6.45) is 0. The highest BCUT2D eigenvalue weighted by Gasteiger charge is 2.47. The highest BCUT2D eigenvalue weighted by atomic mass is 32.1. The number of fused-ring (bicyclic) bond motifs is 6. The van der Waals surface area contributed by atoms with Crippen LogP contribution in [0, 0.1) is 0 Å². The highest BCUT2D eigenvalue weighted by Crippen LogP contribution is 2.58. The first-order chi connectivity index (χ1) is 33.7.